The van der Waals surface area contributed by atoms with E-state index in [4.69, 9.17) is 10.5 Å². The number of aliphatic hydroxyl groups is 1. The van der Waals surface area contributed by atoms with Crippen LogP contribution in [0.2, 0.25) is 0 Å². The number of alkyl halides is 6. The first kappa shape index (κ1) is 23.0. The van der Waals surface area contributed by atoms with E-state index in [1.54, 1.807) is 0 Å². The van der Waals surface area contributed by atoms with Gasteiger partial charge < -0.3 is 20.9 Å². The fraction of sp³-hybridized carbons (Fsp3) is 0.368. The van der Waals surface area contributed by atoms with Gasteiger partial charge in [-0.25, -0.2) is 0 Å². The van der Waals surface area contributed by atoms with E-state index in [1.165, 1.54) is 12.1 Å². The Bertz CT molecular complexity index is 778. The van der Waals surface area contributed by atoms with Gasteiger partial charge in [-0.2, -0.15) is 26.3 Å². The Morgan fingerprint density at radius 1 is 0.931 bits per heavy atom. The molecule has 0 radical (unpaired) electrons. The van der Waals surface area contributed by atoms with Gasteiger partial charge in [0.25, 0.3) is 0 Å². The van der Waals surface area contributed by atoms with Crippen LogP contribution < -0.4 is 15.8 Å². The van der Waals surface area contributed by atoms with Gasteiger partial charge in [0.15, 0.2) is 0 Å². The minimum absolute atomic E-state index is 0.00617. The van der Waals surface area contributed by atoms with Gasteiger partial charge in [-0.05, 0) is 35.9 Å². The van der Waals surface area contributed by atoms with Crippen LogP contribution in [0.4, 0.5) is 26.3 Å². The van der Waals surface area contributed by atoms with E-state index in [9.17, 15) is 31.4 Å². The lowest BCUT2D eigenvalue weighted by atomic mass is 10.1. The summed E-state index contributed by atoms with van der Waals surface area (Å²) in [6, 6.07) is 7.96. The largest absolute Gasteiger partial charge is 0.492 e. The molecule has 0 saturated carbocycles. The number of halogens is 6. The van der Waals surface area contributed by atoms with Crippen molar-refractivity contribution >= 4 is 0 Å². The maximum Gasteiger partial charge on any atom is 0.416 e. The molecule has 4 nitrogen and oxygen atoms in total. The number of hydrogen-bond donors (Lipinski definition) is 3. The van der Waals surface area contributed by atoms with E-state index in [-0.39, 0.29) is 25.4 Å². The number of aliphatic hydroxyl groups excluding tert-OH is 1. The van der Waals surface area contributed by atoms with Crippen molar-refractivity contribution < 1.29 is 36.2 Å². The normalized spacial score (nSPS) is 14.5. The monoisotopic (exact) mass is 422 g/mol. The molecule has 29 heavy (non-hydrogen) atoms. The Balaban J connectivity index is 1.77. The minimum atomic E-state index is -4.45. The van der Waals surface area contributed by atoms with Crippen molar-refractivity contribution in [2.24, 2.45) is 5.73 Å². The van der Waals surface area contributed by atoms with Crippen molar-refractivity contribution in [1.82, 2.24) is 5.32 Å². The van der Waals surface area contributed by atoms with Gasteiger partial charge >= 0.3 is 12.4 Å². The number of ether oxygens (including phenoxy) is 1. The Morgan fingerprint density at radius 3 is 2.14 bits per heavy atom. The van der Waals surface area contributed by atoms with Crippen molar-refractivity contribution in [2.45, 2.75) is 31.0 Å². The van der Waals surface area contributed by atoms with Crippen LogP contribution in [0.25, 0.3) is 0 Å². The first-order chi connectivity index (χ1) is 13.5. The van der Waals surface area contributed by atoms with E-state index in [0.717, 1.165) is 36.4 Å². The molecule has 2 rings (SSSR count). The Kier molecular flexibility index (Phi) is 7.50. The first-order valence-corrected chi connectivity index (χ1v) is 8.57. The predicted molar refractivity (Wildman–Crippen MR) is 94.1 cm³/mol. The Hall–Kier alpha value is -2.30. The van der Waals surface area contributed by atoms with Crippen LogP contribution in [0.5, 0.6) is 5.75 Å². The molecule has 0 amide bonds. The van der Waals surface area contributed by atoms with Gasteiger partial charge in [0.05, 0.1) is 23.3 Å². The molecule has 2 atom stereocenters. The number of benzene rings is 2. The molecule has 0 aliphatic rings. The van der Waals surface area contributed by atoms with Crippen LogP contribution in [0, 0.1) is 0 Å². The third kappa shape index (κ3) is 7.22. The van der Waals surface area contributed by atoms with Crippen LogP contribution in [-0.2, 0) is 18.9 Å². The molecule has 2 aromatic carbocycles. The highest BCUT2D eigenvalue weighted by Crippen LogP contribution is 2.30. The summed E-state index contributed by atoms with van der Waals surface area (Å²) in [6.45, 7) is -0.0704. The number of nitrogens with two attached hydrogens (primary N) is 1. The van der Waals surface area contributed by atoms with Crippen LogP contribution in [0.3, 0.4) is 0 Å². The zero-order chi connectivity index (χ0) is 21.7. The lowest BCUT2D eigenvalue weighted by molar-refractivity contribution is -0.138. The molecule has 0 fully saturated rings. The van der Waals surface area contributed by atoms with Gasteiger partial charge in [-0.1, -0.05) is 18.2 Å². The first-order valence-electron chi connectivity index (χ1n) is 8.57. The zero-order valence-electron chi connectivity index (χ0n) is 15.1. The van der Waals surface area contributed by atoms with Crippen LogP contribution >= 0.6 is 0 Å². The van der Waals surface area contributed by atoms with Gasteiger partial charge in [-0.15, -0.1) is 0 Å². The van der Waals surface area contributed by atoms with E-state index in [0.29, 0.717) is 5.56 Å². The molecule has 4 N–H and O–H groups in total. The number of nitrogens with one attached hydrogen (secondary N) is 1. The standard InChI is InChI=1S/C19H20F6N2O2/c20-18(21,22)13-4-6-15(7-5-13)29-11-16(26)17(28)10-27-9-12-2-1-3-14(8-12)19(23,24)25/h1-8,16-17,27-28H,9-11,26H2/t16-,17+/m0/s1. The van der Waals surface area contributed by atoms with Crippen molar-refractivity contribution in [3.63, 3.8) is 0 Å². The van der Waals surface area contributed by atoms with Crippen molar-refractivity contribution in [3.8, 4) is 5.75 Å². The third-order valence-corrected chi connectivity index (χ3v) is 4.06. The Labute approximate surface area is 163 Å². The highest BCUT2D eigenvalue weighted by atomic mass is 19.4. The third-order valence-electron chi connectivity index (χ3n) is 4.06. The second-order valence-corrected chi connectivity index (χ2v) is 6.39. The van der Waals surface area contributed by atoms with E-state index >= 15 is 0 Å². The molecule has 2 aromatic rings. The predicted octanol–water partition coefficient (Wildman–Crippen LogP) is 3.58. The van der Waals surface area contributed by atoms with Gasteiger partial charge in [0, 0.05) is 13.1 Å². The van der Waals surface area contributed by atoms with Gasteiger partial charge in [0.2, 0.25) is 0 Å². The quantitative estimate of drug-likeness (QED) is 0.569. The maximum absolute atomic E-state index is 12.7. The fourth-order valence-electron chi connectivity index (χ4n) is 2.42. The fourth-order valence-corrected chi connectivity index (χ4v) is 2.42. The second-order valence-electron chi connectivity index (χ2n) is 6.39. The molecule has 0 spiro atoms. The molecule has 0 aliphatic heterocycles. The SMILES string of the molecule is N[C@@H](COc1ccc(C(F)(F)F)cc1)[C@H](O)CNCc1cccc(C(F)(F)F)c1. The summed E-state index contributed by atoms with van der Waals surface area (Å²) in [4.78, 5) is 0. The highest BCUT2D eigenvalue weighted by molar-refractivity contribution is 5.29. The molecule has 0 bridgehead atoms. The molecular formula is C19H20F6N2O2. The summed E-state index contributed by atoms with van der Waals surface area (Å²) in [5.74, 6) is 0.164. The minimum Gasteiger partial charge on any atom is -0.492 e. The molecule has 0 aromatic heterocycles. The van der Waals surface area contributed by atoms with Crippen molar-refractivity contribution in [3.05, 3.63) is 65.2 Å². The van der Waals surface area contributed by atoms with Crippen LogP contribution in [-0.4, -0.2) is 30.4 Å². The van der Waals surface area contributed by atoms with Crippen molar-refractivity contribution in [1.29, 1.82) is 0 Å². The second kappa shape index (κ2) is 9.47. The van der Waals surface area contributed by atoms with E-state index in [1.807, 2.05) is 0 Å². The summed E-state index contributed by atoms with van der Waals surface area (Å²) in [7, 11) is 0. The van der Waals surface area contributed by atoms with Gasteiger partial charge in [0.1, 0.15) is 12.4 Å². The smallest absolute Gasteiger partial charge is 0.416 e. The average Bonchev–Trinajstić information content (AvgIpc) is 2.65. The summed E-state index contributed by atoms with van der Waals surface area (Å²) in [5.41, 5.74) is 4.59. The summed E-state index contributed by atoms with van der Waals surface area (Å²) < 4.78 is 80.8. The van der Waals surface area contributed by atoms with Crippen molar-refractivity contribution in [2.75, 3.05) is 13.2 Å². The Morgan fingerprint density at radius 2 is 1.55 bits per heavy atom. The highest BCUT2D eigenvalue weighted by Gasteiger charge is 2.31. The molecule has 0 unspecified atom stereocenters. The number of rotatable bonds is 8. The topological polar surface area (TPSA) is 67.5 Å². The zero-order valence-corrected chi connectivity index (χ0v) is 15.1. The van der Waals surface area contributed by atoms with Crippen LogP contribution in [0.15, 0.2) is 48.5 Å². The van der Waals surface area contributed by atoms with E-state index in [2.05, 4.69) is 5.32 Å². The molecule has 0 heterocycles. The summed E-state index contributed by atoms with van der Waals surface area (Å²) in [6.07, 6.45) is -9.96. The maximum atomic E-state index is 12.7. The molecule has 0 aliphatic carbocycles. The molecule has 160 valence electrons. The lowest BCUT2D eigenvalue weighted by Crippen LogP contribution is -2.45. The van der Waals surface area contributed by atoms with Crippen LogP contribution in [0.1, 0.15) is 16.7 Å². The molecule has 0 saturated heterocycles. The molecule has 10 heteroatoms. The summed E-state index contributed by atoms with van der Waals surface area (Å²) in [5, 5.41) is 12.8. The summed E-state index contributed by atoms with van der Waals surface area (Å²) >= 11 is 0. The lowest BCUT2D eigenvalue weighted by Gasteiger charge is -2.20. The number of hydrogen-bond acceptors (Lipinski definition) is 4. The average molecular weight is 422 g/mol. The van der Waals surface area contributed by atoms with E-state index < -0.39 is 35.6 Å². The molecular weight excluding hydrogens is 402 g/mol. The van der Waals surface area contributed by atoms with Gasteiger partial charge in [-0.3, -0.25) is 0 Å².